The molecule has 1 atom stereocenters. The SMILES string of the molecule is CCC1(CC)C[C@H](N)c2ccccc2O1. The fourth-order valence-corrected chi connectivity index (χ4v) is 2.35. The first-order valence-electron chi connectivity index (χ1n) is 5.74. The molecule has 0 saturated carbocycles. The minimum Gasteiger partial charge on any atom is -0.487 e. The van der Waals surface area contributed by atoms with Crippen molar-refractivity contribution in [1.29, 1.82) is 0 Å². The van der Waals surface area contributed by atoms with Gasteiger partial charge in [-0.2, -0.15) is 0 Å². The third-order valence-electron chi connectivity index (χ3n) is 3.53. The number of hydrogen-bond donors (Lipinski definition) is 1. The van der Waals surface area contributed by atoms with Crippen molar-refractivity contribution in [2.45, 2.75) is 44.8 Å². The summed E-state index contributed by atoms with van der Waals surface area (Å²) in [4.78, 5) is 0. The Morgan fingerprint density at radius 3 is 2.67 bits per heavy atom. The molecule has 0 amide bonds. The van der Waals surface area contributed by atoms with Crippen LogP contribution in [0, 0.1) is 0 Å². The highest BCUT2D eigenvalue weighted by atomic mass is 16.5. The Balaban J connectivity index is 2.37. The zero-order valence-corrected chi connectivity index (χ0v) is 9.49. The fraction of sp³-hybridized carbons (Fsp3) is 0.538. The molecule has 1 aliphatic heterocycles. The number of hydrogen-bond acceptors (Lipinski definition) is 2. The zero-order valence-electron chi connectivity index (χ0n) is 9.49. The minimum absolute atomic E-state index is 0.0478. The Hall–Kier alpha value is -1.02. The second kappa shape index (κ2) is 3.86. The number of benzene rings is 1. The second-order valence-electron chi connectivity index (χ2n) is 4.34. The van der Waals surface area contributed by atoms with Crippen molar-refractivity contribution in [3.63, 3.8) is 0 Å². The maximum atomic E-state index is 6.19. The molecule has 0 radical (unpaired) electrons. The van der Waals surface area contributed by atoms with Gasteiger partial charge in [0.15, 0.2) is 0 Å². The summed E-state index contributed by atoms with van der Waals surface area (Å²) in [6, 6.07) is 8.23. The number of rotatable bonds is 2. The van der Waals surface area contributed by atoms with E-state index in [-0.39, 0.29) is 11.6 Å². The van der Waals surface area contributed by atoms with Gasteiger partial charge in [0.05, 0.1) is 0 Å². The van der Waals surface area contributed by atoms with Gasteiger partial charge in [-0.3, -0.25) is 0 Å². The molecule has 0 saturated heterocycles. The molecule has 2 nitrogen and oxygen atoms in total. The predicted molar refractivity (Wildman–Crippen MR) is 61.9 cm³/mol. The van der Waals surface area contributed by atoms with Crippen LogP contribution in [0.15, 0.2) is 24.3 Å². The molecule has 1 aromatic rings. The molecule has 0 bridgehead atoms. The lowest BCUT2D eigenvalue weighted by atomic mass is 9.84. The Kier molecular flexibility index (Phi) is 2.70. The molecule has 0 spiro atoms. The topological polar surface area (TPSA) is 35.2 Å². The number of nitrogens with two attached hydrogens (primary N) is 1. The lowest BCUT2D eigenvalue weighted by Gasteiger charge is -2.40. The highest BCUT2D eigenvalue weighted by molar-refractivity contribution is 5.38. The smallest absolute Gasteiger partial charge is 0.124 e. The standard InChI is InChI=1S/C13H19NO/c1-3-13(4-2)9-11(14)10-7-5-6-8-12(10)15-13/h5-8,11H,3-4,9,14H2,1-2H3/t11-/m0/s1. The maximum Gasteiger partial charge on any atom is 0.124 e. The predicted octanol–water partition coefficient (Wildman–Crippen LogP) is 3.03. The van der Waals surface area contributed by atoms with Gasteiger partial charge in [0.2, 0.25) is 0 Å². The summed E-state index contributed by atoms with van der Waals surface area (Å²) < 4.78 is 6.11. The number of fused-ring (bicyclic) bond motifs is 1. The Morgan fingerprint density at radius 1 is 1.33 bits per heavy atom. The summed E-state index contributed by atoms with van der Waals surface area (Å²) >= 11 is 0. The van der Waals surface area contributed by atoms with E-state index < -0.39 is 0 Å². The first kappa shape index (κ1) is 10.5. The number of para-hydroxylation sites is 1. The van der Waals surface area contributed by atoms with Crippen LogP contribution in [-0.2, 0) is 0 Å². The van der Waals surface area contributed by atoms with Crippen molar-refractivity contribution in [3.05, 3.63) is 29.8 Å². The van der Waals surface area contributed by atoms with E-state index in [9.17, 15) is 0 Å². The maximum absolute atomic E-state index is 6.19. The zero-order chi connectivity index (χ0) is 10.9. The fourth-order valence-electron chi connectivity index (χ4n) is 2.35. The summed E-state index contributed by atoms with van der Waals surface area (Å²) in [6.07, 6.45) is 2.97. The van der Waals surface area contributed by atoms with Gasteiger partial charge >= 0.3 is 0 Å². The summed E-state index contributed by atoms with van der Waals surface area (Å²) in [5, 5.41) is 0. The van der Waals surface area contributed by atoms with E-state index in [1.807, 2.05) is 18.2 Å². The van der Waals surface area contributed by atoms with E-state index in [1.54, 1.807) is 0 Å². The Morgan fingerprint density at radius 2 is 2.00 bits per heavy atom. The van der Waals surface area contributed by atoms with Crippen molar-refractivity contribution in [2.75, 3.05) is 0 Å². The molecule has 2 N–H and O–H groups in total. The van der Waals surface area contributed by atoms with Gasteiger partial charge in [-0.05, 0) is 18.9 Å². The van der Waals surface area contributed by atoms with Gasteiger partial charge in [0.1, 0.15) is 11.4 Å². The molecule has 1 aliphatic rings. The van der Waals surface area contributed by atoms with Gasteiger partial charge in [-0.1, -0.05) is 32.0 Å². The third-order valence-corrected chi connectivity index (χ3v) is 3.53. The Bertz CT molecular complexity index is 344. The van der Waals surface area contributed by atoms with E-state index in [2.05, 4.69) is 19.9 Å². The molecule has 82 valence electrons. The van der Waals surface area contributed by atoms with Crippen LogP contribution in [0.5, 0.6) is 5.75 Å². The molecule has 0 aromatic heterocycles. The molecular formula is C13H19NO. The molecule has 0 aliphatic carbocycles. The largest absolute Gasteiger partial charge is 0.487 e. The monoisotopic (exact) mass is 205 g/mol. The summed E-state index contributed by atoms with van der Waals surface area (Å²) in [5.41, 5.74) is 7.29. The first-order chi connectivity index (χ1) is 7.21. The lowest BCUT2D eigenvalue weighted by molar-refractivity contribution is 0.0282. The van der Waals surface area contributed by atoms with Gasteiger partial charge < -0.3 is 10.5 Å². The molecule has 0 fully saturated rings. The van der Waals surface area contributed by atoms with Crippen molar-refractivity contribution in [1.82, 2.24) is 0 Å². The van der Waals surface area contributed by atoms with E-state index in [0.717, 1.165) is 30.6 Å². The second-order valence-corrected chi connectivity index (χ2v) is 4.34. The van der Waals surface area contributed by atoms with Crippen molar-refractivity contribution < 1.29 is 4.74 Å². The van der Waals surface area contributed by atoms with Gasteiger partial charge in [-0.25, -0.2) is 0 Å². The summed E-state index contributed by atoms with van der Waals surface area (Å²) in [7, 11) is 0. The van der Waals surface area contributed by atoms with Crippen molar-refractivity contribution in [2.24, 2.45) is 5.73 Å². The van der Waals surface area contributed by atoms with E-state index in [4.69, 9.17) is 10.5 Å². The molecule has 1 heterocycles. The van der Waals surface area contributed by atoms with E-state index in [1.165, 1.54) is 0 Å². The van der Waals surface area contributed by atoms with Crippen LogP contribution in [-0.4, -0.2) is 5.60 Å². The average Bonchev–Trinajstić information content (AvgIpc) is 2.29. The van der Waals surface area contributed by atoms with E-state index in [0.29, 0.717) is 0 Å². The average molecular weight is 205 g/mol. The first-order valence-corrected chi connectivity index (χ1v) is 5.74. The van der Waals surface area contributed by atoms with Gasteiger partial charge in [0.25, 0.3) is 0 Å². The molecule has 2 heteroatoms. The highest BCUT2D eigenvalue weighted by Crippen LogP contribution is 2.41. The quantitative estimate of drug-likeness (QED) is 0.805. The highest BCUT2D eigenvalue weighted by Gasteiger charge is 2.36. The van der Waals surface area contributed by atoms with Gasteiger partial charge in [-0.15, -0.1) is 0 Å². The molecular weight excluding hydrogens is 186 g/mol. The van der Waals surface area contributed by atoms with Gasteiger partial charge in [0, 0.05) is 18.0 Å². The normalized spacial score (nSPS) is 23.0. The summed E-state index contributed by atoms with van der Waals surface area (Å²) in [5.74, 6) is 0.972. The Labute approximate surface area is 91.4 Å². The molecule has 0 unspecified atom stereocenters. The van der Waals surface area contributed by atoms with Crippen LogP contribution >= 0.6 is 0 Å². The van der Waals surface area contributed by atoms with Crippen LogP contribution in [0.1, 0.15) is 44.7 Å². The molecule has 15 heavy (non-hydrogen) atoms. The van der Waals surface area contributed by atoms with Crippen LogP contribution in [0.2, 0.25) is 0 Å². The van der Waals surface area contributed by atoms with Crippen molar-refractivity contribution >= 4 is 0 Å². The van der Waals surface area contributed by atoms with Crippen LogP contribution in [0.4, 0.5) is 0 Å². The minimum atomic E-state index is -0.0478. The van der Waals surface area contributed by atoms with Crippen LogP contribution in [0.3, 0.4) is 0 Å². The van der Waals surface area contributed by atoms with Crippen LogP contribution in [0.25, 0.3) is 0 Å². The molecule has 1 aromatic carbocycles. The number of ether oxygens (including phenoxy) is 1. The van der Waals surface area contributed by atoms with E-state index >= 15 is 0 Å². The third kappa shape index (κ3) is 1.74. The summed E-state index contributed by atoms with van der Waals surface area (Å²) in [6.45, 7) is 4.34. The lowest BCUT2D eigenvalue weighted by Crippen LogP contribution is -2.41. The molecule has 2 rings (SSSR count). The van der Waals surface area contributed by atoms with Crippen molar-refractivity contribution in [3.8, 4) is 5.75 Å². The van der Waals surface area contributed by atoms with Crippen LogP contribution < -0.4 is 10.5 Å².